The summed E-state index contributed by atoms with van der Waals surface area (Å²) < 4.78 is 15.7. The molecule has 2 unspecified atom stereocenters. The lowest BCUT2D eigenvalue weighted by Crippen LogP contribution is -2.43. The summed E-state index contributed by atoms with van der Waals surface area (Å²) in [6.07, 6.45) is 0.573. The van der Waals surface area contributed by atoms with Gasteiger partial charge in [0, 0.05) is 26.4 Å². The van der Waals surface area contributed by atoms with Crippen molar-refractivity contribution in [2.24, 2.45) is 11.7 Å². The number of ether oxygens (including phenoxy) is 3. The molecule has 2 atom stereocenters. The van der Waals surface area contributed by atoms with Gasteiger partial charge in [0.1, 0.15) is 0 Å². The summed E-state index contributed by atoms with van der Waals surface area (Å²) in [5, 5.41) is 9.16. The summed E-state index contributed by atoms with van der Waals surface area (Å²) in [7, 11) is 1.67. The summed E-state index contributed by atoms with van der Waals surface area (Å²) >= 11 is 0. The van der Waals surface area contributed by atoms with Crippen molar-refractivity contribution in [3.63, 3.8) is 0 Å². The van der Waals surface area contributed by atoms with Crippen LogP contribution in [0.4, 0.5) is 0 Å². The first-order chi connectivity index (χ1) is 8.13. The molecule has 0 radical (unpaired) electrons. The molecule has 0 aromatic carbocycles. The van der Waals surface area contributed by atoms with Gasteiger partial charge in [-0.15, -0.1) is 0 Å². The van der Waals surface area contributed by atoms with E-state index in [0.29, 0.717) is 26.4 Å². The fourth-order valence-corrected chi connectivity index (χ4v) is 1.38. The van der Waals surface area contributed by atoms with Gasteiger partial charge < -0.3 is 25.1 Å². The fourth-order valence-electron chi connectivity index (χ4n) is 1.38. The van der Waals surface area contributed by atoms with Crippen molar-refractivity contribution >= 4 is 0 Å². The molecule has 0 aliphatic heterocycles. The highest BCUT2D eigenvalue weighted by atomic mass is 16.5. The largest absolute Gasteiger partial charge is 0.394 e. The van der Waals surface area contributed by atoms with E-state index >= 15 is 0 Å². The van der Waals surface area contributed by atoms with E-state index in [-0.39, 0.29) is 24.7 Å². The molecule has 0 spiro atoms. The molecule has 0 aromatic heterocycles. The zero-order chi connectivity index (χ0) is 13.1. The molecule has 0 amide bonds. The van der Waals surface area contributed by atoms with Gasteiger partial charge in [-0.3, -0.25) is 0 Å². The third kappa shape index (κ3) is 8.51. The zero-order valence-electron chi connectivity index (χ0n) is 11.2. The van der Waals surface area contributed by atoms with Gasteiger partial charge in [-0.25, -0.2) is 0 Å². The van der Waals surface area contributed by atoms with E-state index in [1.54, 1.807) is 7.11 Å². The van der Waals surface area contributed by atoms with Gasteiger partial charge >= 0.3 is 0 Å². The van der Waals surface area contributed by atoms with Crippen molar-refractivity contribution in [1.29, 1.82) is 0 Å². The number of hydrogen-bond donors (Lipinski definition) is 2. The van der Waals surface area contributed by atoms with E-state index in [9.17, 15) is 0 Å². The number of hydrogen-bond acceptors (Lipinski definition) is 5. The first-order valence-electron chi connectivity index (χ1n) is 6.18. The quantitative estimate of drug-likeness (QED) is 0.519. The number of aliphatic hydroxyl groups excluding tert-OH is 1. The minimum absolute atomic E-state index is 0.0526. The minimum Gasteiger partial charge on any atom is -0.394 e. The maximum absolute atomic E-state index is 9.16. The Morgan fingerprint density at radius 2 is 1.82 bits per heavy atom. The van der Waals surface area contributed by atoms with E-state index < -0.39 is 0 Å². The molecule has 0 aromatic rings. The topological polar surface area (TPSA) is 73.9 Å². The molecule has 104 valence electrons. The van der Waals surface area contributed by atoms with Crippen molar-refractivity contribution < 1.29 is 19.3 Å². The van der Waals surface area contributed by atoms with E-state index in [0.717, 1.165) is 6.42 Å². The third-order valence-electron chi connectivity index (χ3n) is 2.58. The second-order valence-corrected chi connectivity index (χ2v) is 4.37. The average Bonchev–Trinajstić information content (AvgIpc) is 2.32. The molecular weight excluding hydrogens is 222 g/mol. The molecule has 17 heavy (non-hydrogen) atoms. The van der Waals surface area contributed by atoms with E-state index in [1.165, 1.54) is 0 Å². The molecule has 0 heterocycles. The van der Waals surface area contributed by atoms with Crippen LogP contribution in [-0.4, -0.2) is 57.4 Å². The Morgan fingerprint density at radius 1 is 1.12 bits per heavy atom. The second-order valence-electron chi connectivity index (χ2n) is 4.37. The lowest BCUT2D eigenvalue weighted by molar-refractivity contribution is -0.0376. The molecule has 0 rings (SSSR count). The summed E-state index contributed by atoms with van der Waals surface area (Å²) in [6, 6.07) is -0.145. The maximum Gasteiger partial charge on any atom is 0.0959 e. The van der Waals surface area contributed by atoms with Gasteiger partial charge in [-0.05, 0) is 12.3 Å². The first kappa shape index (κ1) is 16.8. The van der Waals surface area contributed by atoms with Crippen molar-refractivity contribution in [3.05, 3.63) is 0 Å². The van der Waals surface area contributed by atoms with E-state index in [1.807, 2.05) is 13.8 Å². The molecule has 0 saturated heterocycles. The molecule has 3 N–H and O–H groups in total. The van der Waals surface area contributed by atoms with Gasteiger partial charge in [-0.1, -0.05) is 13.8 Å². The lowest BCUT2D eigenvalue weighted by Gasteiger charge is -2.25. The predicted molar refractivity (Wildman–Crippen MR) is 67.0 cm³/mol. The highest BCUT2D eigenvalue weighted by Gasteiger charge is 2.20. The summed E-state index contributed by atoms with van der Waals surface area (Å²) in [5.41, 5.74) is 5.91. The SMILES string of the molecule is COCCCOCCOC(CO)C(N)C(C)C. The summed E-state index contributed by atoms with van der Waals surface area (Å²) in [4.78, 5) is 0. The van der Waals surface area contributed by atoms with Crippen LogP contribution in [0.5, 0.6) is 0 Å². The van der Waals surface area contributed by atoms with Crippen molar-refractivity contribution in [1.82, 2.24) is 0 Å². The summed E-state index contributed by atoms with van der Waals surface area (Å²) in [5.74, 6) is 0.287. The molecule has 0 aliphatic carbocycles. The van der Waals surface area contributed by atoms with Crippen LogP contribution in [0.25, 0.3) is 0 Å². The Hall–Kier alpha value is -0.200. The Kier molecular flexibility index (Phi) is 10.8. The molecule has 5 heteroatoms. The fraction of sp³-hybridized carbons (Fsp3) is 1.00. The second kappa shape index (κ2) is 10.9. The van der Waals surface area contributed by atoms with Crippen LogP contribution in [0.15, 0.2) is 0 Å². The number of aliphatic hydroxyl groups is 1. The standard InChI is InChI=1S/C12H27NO4/c1-10(2)12(13)11(9-14)17-8-7-16-6-4-5-15-3/h10-12,14H,4-9,13H2,1-3H3. The van der Waals surface area contributed by atoms with Crippen LogP contribution in [0.3, 0.4) is 0 Å². The van der Waals surface area contributed by atoms with Crippen LogP contribution in [0.2, 0.25) is 0 Å². The Balaban J connectivity index is 3.50. The molecule has 5 nitrogen and oxygen atoms in total. The van der Waals surface area contributed by atoms with Crippen molar-refractivity contribution in [3.8, 4) is 0 Å². The van der Waals surface area contributed by atoms with Crippen LogP contribution >= 0.6 is 0 Å². The van der Waals surface area contributed by atoms with Crippen LogP contribution < -0.4 is 5.73 Å². The van der Waals surface area contributed by atoms with Gasteiger partial charge in [0.25, 0.3) is 0 Å². The number of rotatable bonds is 11. The molecule has 0 fully saturated rings. The lowest BCUT2D eigenvalue weighted by atomic mass is 10.0. The zero-order valence-corrected chi connectivity index (χ0v) is 11.2. The van der Waals surface area contributed by atoms with E-state index in [4.69, 9.17) is 25.1 Å². The monoisotopic (exact) mass is 249 g/mol. The minimum atomic E-state index is -0.308. The highest BCUT2D eigenvalue weighted by Crippen LogP contribution is 2.06. The third-order valence-corrected chi connectivity index (χ3v) is 2.58. The number of methoxy groups -OCH3 is 1. The molecular formula is C12H27NO4. The Labute approximate surface area is 104 Å². The van der Waals surface area contributed by atoms with Crippen molar-refractivity contribution in [2.75, 3.05) is 40.1 Å². The Bertz CT molecular complexity index is 167. The summed E-state index contributed by atoms with van der Waals surface area (Å²) in [6.45, 7) is 6.32. The van der Waals surface area contributed by atoms with Gasteiger partial charge in [-0.2, -0.15) is 0 Å². The average molecular weight is 249 g/mol. The van der Waals surface area contributed by atoms with Crippen LogP contribution in [-0.2, 0) is 14.2 Å². The molecule has 0 saturated carbocycles. The number of nitrogens with two attached hydrogens (primary N) is 1. The normalized spacial score (nSPS) is 15.2. The maximum atomic E-state index is 9.16. The van der Waals surface area contributed by atoms with Gasteiger partial charge in [0.15, 0.2) is 0 Å². The van der Waals surface area contributed by atoms with Crippen molar-refractivity contribution in [2.45, 2.75) is 32.4 Å². The van der Waals surface area contributed by atoms with Gasteiger partial charge in [0.2, 0.25) is 0 Å². The predicted octanol–water partition coefficient (Wildman–Crippen LogP) is 0.400. The molecule has 0 aliphatic rings. The van der Waals surface area contributed by atoms with Crippen LogP contribution in [0.1, 0.15) is 20.3 Å². The smallest absolute Gasteiger partial charge is 0.0959 e. The first-order valence-corrected chi connectivity index (χ1v) is 6.18. The van der Waals surface area contributed by atoms with Crippen LogP contribution in [0, 0.1) is 5.92 Å². The Morgan fingerprint density at radius 3 is 2.35 bits per heavy atom. The van der Waals surface area contributed by atoms with E-state index in [2.05, 4.69) is 0 Å². The highest BCUT2D eigenvalue weighted by molar-refractivity contribution is 4.75. The van der Waals surface area contributed by atoms with Gasteiger partial charge in [0.05, 0.1) is 25.9 Å². The molecule has 0 bridgehead atoms.